The standard InChI is InChI=1S/C18H21BrN4O3S/c1-2-23-16(25)13-9-11(19)7-8-14(13)21-18(23)27-10-15(24)22-17(26)20-12-5-3-4-6-12/h7-9,12H,2-6,10H2,1H3,(H2,20,22,24,26). The molecule has 27 heavy (non-hydrogen) atoms. The van der Waals surface area contributed by atoms with Gasteiger partial charge >= 0.3 is 6.03 Å². The zero-order valence-electron chi connectivity index (χ0n) is 15.0. The van der Waals surface area contributed by atoms with Crippen molar-refractivity contribution in [1.82, 2.24) is 20.2 Å². The summed E-state index contributed by atoms with van der Waals surface area (Å²) in [6.45, 7) is 2.30. The van der Waals surface area contributed by atoms with Crippen molar-refractivity contribution in [2.75, 3.05) is 5.75 Å². The summed E-state index contributed by atoms with van der Waals surface area (Å²) in [5.74, 6) is -0.407. The molecule has 0 bridgehead atoms. The molecule has 2 N–H and O–H groups in total. The number of aromatic nitrogens is 2. The summed E-state index contributed by atoms with van der Waals surface area (Å²) in [6.07, 6.45) is 4.12. The van der Waals surface area contributed by atoms with Gasteiger partial charge in [0.2, 0.25) is 5.91 Å². The molecular formula is C18H21BrN4O3S. The van der Waals surface area contributed by atoms with E-state index in [2.05, 4.69) is 31.5 Å². The fourth-order valence-electron chi connectivity index (χ4n) is 3.15. The molecule has 9 heteroatoms. The number of nitrogens with one attached hydrogen (secondary N) is 2. The zero-order valence-corrected chi connectivity index (χ0v) is 17.4. The Kier molecular flexibility index (Phi) is 6.54. The number of imide groups is 1. The fourth-order valence-corrected chi connectivity index (χ4v) is 4.37. The maximum atomic E-state index is 12.7. The number of benzene rings is 1. The number of rotatable bonds is 5. The minimum absolute atomic E-state index is 0.00651. The fraction of sp³-hybridized carbons (Fsp3) is 0.444. The first-order valence-electron chi connectivity index (χ1n) is 8.91. The first-order chi connectivity index (χ1) is 13.0. The molecule has 1 aliphatic rings. The van der Waals surface area contributed by atoms with E-state index in [1.54, 1.807) is 12.1 Å². The highest BCUT2D eigenvalue weighted by molar-refractivity contribution is 9.10. The predicted octanol–water partition coefficient (Wildman–Crippen LogP) is 3.04. The Morgan fingerprint density at radius 2 is 2.07 bits per heavy atom. The van der Waals surface area contributed by atoms with Gasteiger partial charge in [-0.15, -0.1) is 0 Å². The van der Waals surface area contributed by atoms with Gasteiger partial charge in [0.05, 0.1) is 16.7 Å². The molecule has 3 amide bonds. The molecule has 1 saturated carbocycles. The number of halogens is 1. The third kappa shape index (κ3) is 4.90. The highest BCUT2D eigenvalue weighted by atomic mass is 79.9. The van der Waals surface area contributed by atoms with Gasteiger partial charge in [-0.3, -0.25) is 19.5 Å². The molecule has 0 atom stereocenters. The summed E-state index contributed by atoms with van der Waals surface area (Å²) in [5, 5.41) is 6.14. The minimum Gasteiger partial charge on any atom is -0.335 e. The van der Waals surface area contributed by atoms with Crippen LogP contribution in [0, 0.1) is 0 Å². The van der Waals surface area contributed by atoms with Crippen LogP contribution >= 0.6 is 27.7 Å². The summed E-state index contributed by atoms with van der Waals surface area (Å²) >= 11 is 4.51. The summed E-state index contributed by atoms with van der Waals surface area (Å²) in [7, 11) is 0. The normalized spacial score (nSPS) is 14.4. The van der Waals surface area contributed by atoms with Crippen LogP contribution in [0.3, 0.4) is 0 Å². The number of carbonyl (C=O) groups excluding carboxylic acids is 2. The van der Waals surface area contributed by atoms with E-state index in [4.69, 9.17) is 0 Å². The van der Waals surface area contributed by atoms with E-state index in [0.29, 0.717) is 22.6 Å². The quantitative estimate of drug-likeness (QED) is 0.536. The molecule has 0 aliphatic heterocycles. The summed E-state index contributed by atoms with van der Waals surface area (Å²) in [6, 6.07) is 5.01. The van der Waals surface area contributed by atoms with Crippen LogP contribution in [-0.4, -0.2) is 33.3 Å². The van der Waals surface area contributed by atoms with Crippen molar-refractivity contribution in [3.8, 4) is 0 Å². The molecule has 1 fully saturated rings. The summed E-state index contributed by atoms with van der Waals surface area (Å²) < 4.78 is 2.34. The average molecular weight is 453 g/mol. The van der Waals surface area contributed by atoms with E-state index in [1.165, 1.54) is 4.57 Å². The SMILES string of the molecule is CCn1c(SCC(=O)NC(=O)NC2CCCC2)nc2ccc(Br)cc2c1=O. The molecule has 7 nitrogen and oxygen atoms in total. The molecule has 1 aromatic heterocycles. The van der Waals surface area contributed by atoms with E-state index in [-0.39, 0.29) is 17.4 Å². The van der Waals surface area contributed by atoms with Crippen LogP contribution in [0.4, 0.5) is 4.79 Å². The van der Waals surface area contributed by atoms with Gasteiger partial charge in [-0.2, -0.15) is 0 Å². The monoisotopic (exact) mass is 452 g/mol. The Morgan fingerprint density at radius 3 is 2.78 bits per heavy atom. The number of fused-ring (bicyclic) bond motifs is 1. The van der Waals surface area contributed by atoms with Crippen LogP contribution in [0.15, 0.2) is 32.6 Å². The first-order valence-corrected chi connectivity index (χ1v) is 10.7. The molecule has 144 valence electrons. The maximum absolute atomic E-state index is 12.7. The third-order valence-corrected chi connectivity index (χ3v) is 5.94. The Hall–Kier alpha value is -1.87. The number of nitrogens with zero attached hydrogens (tertiary/aromatic N) is 2. The van der Waals surface area contributed by atoms with E-state index in [0.717, 1.165) is 41.9 Å². The summed E-state index contributed by atoms with van der Waals surface area (Å²) in [4.78, 5) is 41.1. The molecule has 0 unspecified atom stereocenters. The van der Waals surface area contributed by atoms with E-state index >= 15 is 0 Å². The average Bonchev–Trinajstić information content (AvgIpc) is 3.13. The first kappa shape index (κ1) is 19.9. The third-order valence-electron chi connectivity index (χ3n) is 4.47. The molecular weight excluding hydrogens is 432 g/mol. The van der Waals surface area contributed by atoms with Crippen LogP contribution in [0.5, 0.6) is 0 Å². The molecule has 0 radical (unpaired) electrons. The molecule has 1 aliphatic carbocycles. The minimum atomic E-state index is -0.461. The van der Waals surface area contributed by atoms with Gasteiger partial charge in [-0.05, 0) is 38.0 Å². The van der Waals surface area contributed by atoms with Gasteiger partial charge in [0.15, 0.2) is 5.16 Å². The van der Waals surface area contributed by atoms with Crippen LogP contribution in [0.2, 0.25) is 0 Å². The van der Waals surface area contributed by atoms with Gasteiger partial charge in [0.1, 0.15) is 0 Å². The van der Waals surface area contributed by atoms with Crippen molar-refractivity contribution in [2.24, 2.45) is 0 Å². The molecule has 2 aromatic rings. The van der Waals surface area contributed by atoms with E-state index in [9.17, 15) is 14.4 Å². The molecule has 1 heterocycles. The number of urea groups is 1. The van der Waals surface area contributed by atoms with Crippen molar-refractivity contribution in [1.29, 1.82) is 0 Å². The second kappa shape index (κ2) is 8.88. The topological polar surface area (TPSA) is 93.1 Å². The van der Waals surface area contributed by atoms with Gasteiger partial charge < -0.3 is 5.32 Å². The van der Waals surface area contributed by atoms with Crippen molar-refractivity contribution < 1.29 is 9.59 Å². The van der Waals surface area contributed by atoms with Crippen molar-refractivity contribution in [3.05, 3.63) is 33.0 Å². The predicted molar refractivity (Wildman–Crippen MR) is 109 cm³/mol. The van der Waals surface area contributed by atoms with Gasteiger partial charge in [0.25, 0.3) is 5.56 Å². The largest absolute Gasteiger partial charge is 0.335 e. The van der Waals surface area contributed by atoms with Gasteiger partial charge in [-0.1, -0.05) is 40.5 Å². The lowest BCUT2D eigenvalue weighted by Gasteiger charge is -2.13. The van der Waals surface area contributed by atoms with Crippen molar-refractivity contribution >= 4 is 50.5 Å². The van der Waals surface area contributed by atoms with E-state index < -0.39 is 11.9 Å². The Labute approximate surface area is 169 Å². The van der Waals surface area contributed by atoms with E-state index in [1.807, 2.05) is 13.0 Å². The highest BCUT2D eigenvalue weighted by Crippen LogP contribution is 2.20. The Bertz CT molecular complexity index is 925. The zero-order chi connectivity index (χ0) is 19.4. The lowest BCUT2D eigenvalue weighted by Crippen LogP contribution is -2.44. The number of hydrogen-bond donors (Lipinski definition) is 2. The number of amides is 3. The lowest BCUT2D eigenvalue weighted by molar-refractivity contribution is -0.117. The second-order valence-corrected chi connectivity index (χ2v) is 8.26. The molecule has 1 aromatic carbocycles. The van der Waals surface area contributed by atoms with Gasteiger partial charge in [-0.25, -0.2) is 9.78 Å². The van der Waals surface area contributed by atoms with Crippen LogP contribution in [-0.2, 0) is 11.3 Å². The smallest absolute Gasteiger partial charge is 0.321 e. The highest BCUT2D eigenvalue weighted by Gasteiger charge is 2.19. The van der Waals surface area contributed by atoms with Crippen molar-refractivity contribution in [2.45, 2.75) is 50.4 Å². The number of hydrogen-bond acceptors (Lipinski definition) is 5. The lowest BCUT2D eigenvalue weighted by atomic mass is 10.2. The number of carbonyl (C=O) groups is 2. The summed E-state index contributed by atoms with van der Waals surface area (Å²) in [5.41, 5.74) is 0.431. The van der Waals surface area contributed by atoms with Gasteiger partial charge in [0, 0.05) is 17.1 Å². The number of thioether (sulfide) groups is 1. The molecule has 0 spiro atoms. The Morgan fingerprint density at radius 1 is 1.33 bits per heavy atom. The molecule has 0 saturated heterocycles. The second-order valence-electron chi connectivity index (χ2n) is 6.40. The van der Waals surface area contributed by atoms with Crippen molar-refractivity contribution in [3.63, 3.8) is 0 Å². The Balaban J connectivity index is 1.67. The van der Waals surface area contributed by atoms with Crippen LogP contribution in [0.1, 0.15) is 32.6 Å². The molecule has 3 rings (SSSR count). The maximum Gasteiger partial charge on any atom is 0.321 e. The van der Waals surface area contributed by atoms with Crippen LogP contribution < -0.4 is 16.2 Å². The van der Waals surface area contributed by atoms with Crippen LogP contribution in [0.25, 0.3) is 10.9 Å².